The van der Waals surface area contributed by atoms with Gasteiger partial charge in [0.25, 0.3) is 0 Å². The van der Waals surface area contributed by atoms with Crippen LogP contribution in [0.15, 0.2) is 34.3 Å². The third kappa shape index (κ3) is 2.78. The summed E-state index contributed by atoms with van der Waals surface area (Å²) in [6.45, 7) is 0. The van der Waals surface area contributed by atoms with E-state index in [0.717, 1.165) is 41.3 Å². The minimum Gasteiger partial charge on any atom is -0.295 e. The number of carbonyl (C=O) groups is 1. The van der Waals surface area contributed by atoms with Gasteiger partial charge in [0.1, 0.15) is 0 Å². The molecule has 1 aromatic rings. The van der Waals surface area contributed by atoms with E-state index in [-0.39, 0.29) is 0 Å². The molecular weight excluding hydrogens is 252 g/mol. The molecule has 0 atom stereocenters. The van der Waals surface area contributed by atoms with E-state index in [0.29, 0.717) is 5.78 Å². The second-order valence-electron chi connectivity index (χ2n) is 3.85. The average molecular weight is 265 g/mol. The number of carbonyl (C=O) groups excluding carboxylic acids is 1. The zero-order valence-corrected chi connectivity index (χ0v) is 10.1. The summed E-state index contributed by atoms with van der Waals surface area (Å²) in [6.07, 6.45) is 5.87. The first-order valence-electron chi connectivity index (χ1n) is 5.25. The zero-order chi connectivity index (χ0) is 10.7. The number of allylic oxidation sites excluding steroid dienone is 1. The minimum absolute atomic E-state index is 0.321. The number of hydrogen-bond donors (Lipinski definition) is 0. The highest BCUT2D eigenvalue weighted by atomic mass is 79.9. The summed E-state index contributed by atoms with van der Waals surface area (Å²) in [5.41, 5.74) is 2.09. The van der Waals surface area contributed by atoms with Gasteiger partial charge >= 0.3 is 0 Å². The quantitative estimate of drug-likeness (QED) is 0.702. The highest BCUT2D eigenvalue weighted by Gasteiger charge is 2.14. The van der Waals surface area contributed by atoms with Crippen molar-refractivity contribution in [2.24, 2.45) is 0 Å². The van der Waals surface area contributed by atoms with Gasteiger partial charge in [-0.25, -0.2) is 0 Å². The van der Waals surface area contributed by atoms with Crippen LogP contribution in [0.2, 0.25) is 0 Å². The molecule has 0 amide bonds. The number of Topliss-reactive ketones (excluding diaryl/α,β-unsaturated/α-hetero) is 1. The van der Waals surface area contributed by atoms with Crippen molar-refractivity contribution in [3.05, 3.63) is 39.9 Å². The smallest absolute Gasteiger partial charge is 0.158 e. The number of rotatable bonds is 1. The van der Waals surface area contributed by atoms with Gasteiger partial charge in [-0.3, -0.25) is 4.79 Å². The molecule has 78 valence electrons. The lowest BCUT2D eigenvalue weighted by Gasteiger charge is -2.12. The van der Waals surface area contributed by atoms with E-state index >= 15 is 0 Å². The topological polar surface area (TPSA) is 17.1 Å². The number of benzene rings is 1. The van der Waals surface area contributed by atoms with Gasteiger partial charge in [0.15, 0.2) is 5.78 Å². The maximum atomic E-state index is 11.6. The summed E-state index contributed by atoms with van der Waals surface area (Å²) >= 11 is 3.43. The molecule has 15 heavy (non-hydrogen) atoms. The van der Waals surface area contributed by atoms with Crippen molar-refractivity contribution < 1.29 is 4.79 Å². The fourth-order valence-electron chi connectivity index (χ4n) is 1.85. The van der Waals surface area contributed by atoms with Gasteiger partial charge < -0.3 is 0 Å². The van der Waals surface area contributed by atoms with Crippen LogP contribution in [-0.4, -0.2) is 5.78 Å². The lowest BCUT2D eigenvalue weighted by atomic mass is 9.92. The third-order valence-corrected chi connectivity index (χ3v) is 3.14. The summed E-state index contributed by atoms with van der Waals surface area (Å²) in [7, 11) is 0. The van der Waals surface area contributed by atoms with Crippen LogP contribution >= 0.6 is 15.9 Å². The Bertz CT molecular complexity index is 407. The van der Waals surface area contributed by atoms with Crippen LogP contribution in [0.1, 0.15) is 31.2 Å². The van der Waals surface area contributed by atoms with Crippen molar-refractivity contribution in [3.8, 4) is 0 Å². The first kappa shape index (κ1) is 10.6. The summed E-state index contributed by atoms with van der Waals surface area (Å²) < 4.78 is 1.06. The molecule has 0 radical (unpaired) electrons. The van der Waals surface area contributed by atoms with Crippen molar-refractivity contribution >= 4 is 27.8 Å². The van der Waals surface area contributed by atoms with E-state index < -0.39 is 0 Å². The van der Waals surface area contributed by atoms with E-state index in [2.05, 4.69) is 15.9 Å². The fourth-order valence-corrected chi connectivity index (χ4v) is 2.27. The molecule has 1 aliphatic rings. The van der Waals surface area contributed by atoms with Gasteiger partial charge in [-0.2, -0.15) is 0 Å². The van der Waals surface area contributed by atoms with Crippen molar-refractivity contribution in [2.75, 3.05) is 0 Å². The van der Waals surface area contributed by atoms with E-state index in [9.17, 15) is 4.79 Å². The predicted molar refractivity (Wildman–Crippen MR) is 65.6 cm³/mol. The maximum Gasteiger partial charge on any atom is 0.158 e. The SMILES string of the molecule is O=C1CCCC/C1=C\c1cccc(Br)c1. The molecule has 1 nitrogen and oxygen atoms in total. The Hall–Kier alpha value is -0.890. The zero-order valence-electron chi connectivity index (χ0n) is 8.50. The van der Waals surface area contributed by atoms with Crippen LogP contribution < -0.4 is 0 Å². The third-order valence-electron chi connectivity index (χ3n) is 2.65. The normalized spacial score (nSPS) is 19.5. The van der Waals surface area contributed by atoms with Crippen molar-refractivity contribution in [2.45, 2.75) is 25.7 Å². The Balaban J connectivity index is 2.25. The van der Waals surface area contributed by atoms with Crippen LogP contribution in [0.3, 0.4) is 0 Å². The van der Waals surface area contributed by atoms with Crippen LogP contribution in [0, 0.1) is 0 Å². The summed E-state index contributed by atoms with van der Waals surface area (Å²) in [4.78, 5) is 11.6. The molecule has 0 aliphatic heterocycles. The van der Waals surface area contributed by atoms with Gasteiger partial charge in [-0.05, 0) is 48.6 Å². The monoisotopic (exact) mass is 264 g/mol. The average Bonchev–Trinajstić information content (AvgIpc) is 2.22. The standard InChI is InChI=1S/C13H13BrO/c14-12-6-3-4-10(9-12)8-11-5-1-2-7-13(11)15/h3-4,6,8-9H,1-2,5,7H2/b11-8+. The first-order chi connectivity index (χ1) is 7.25. The molecular formula is C13H13BrO. The molecule has 0 aromatic heterocycles. The van der Waals surface area contributed by atoms with Crippen LogP contribution in [0.25, 0.3) is 6.08 Å². The Morgan fingerprint density at radius 3 is 2.73 bits per heavy atom. The van der Waals surface area contributed by atoms with E-state index in [4.69, 9.17) is 0 Å². The van der Waals surface area contributed by atoms with E-state index in [1.807, 2.05) is 30.3 Å². The lowest BCUT2D eigenvalue weighted by Crippen LogP contribution is -2.07. The number of ketones is 1. The Labute approximate surface area is 98.3 Å². The molecule has 0 bridgehead atoms. The van der Waals surface area contributed by atoms with Crippen molar-refractivity contribution in [1.29, 1.82) is 0 Å². The molecule has 2 heteroatoms. The molecule has 1 aromatic carbocycles. The van der Waals surface area contributed by atoms with Crippen LogP contribution in [0.4, 0.5) is 0 Å². The van der Waals surface area contributed by atoms with Gasteiger partial charge in [0.2, 0.25) is 0 Å². The van der Waals surface area contributed by atoms with Crippen molar-refractivity contribution in [3.63, 3.8) is 0 Å². The minimum atomic E-state index is 0.321. The second kappa shape index (κ2) is 4.75. The Kier molecular flexibility index (Phi) is 3.37. The summed E-state index contributed by atoms with van der Waals surface area (Å²) in [5.74, 6) is 0.321. The van der Waals surface area contributed by atoms with Crippen molar-refractivity contribution in [1.82, 2.24) is 0 Å². The number of halogens is 1. The molecule has 2 rings (SSSR count). The summed E-state index contributed by atoms with van der Waals surface area (Å²) in [5, 5.41) is 0. The van der Waals surface area contributed by atoms with Gasteiger partial charge in [0, 0.05) is 10.9 Å². The molecule has 1 saturated carbocycles. The maximum absolute atomic E-state index is 11.6. The highest BCUT2D eigenvalue weighted by molar-refractivity contribution is 9.10. The second-order valence-corrected chi connectivity index (χ2v) is 4.77. The summed E-state index contributed by atoms with van der Waals surface area (Å²) in [6, 6.07) is 8.04. The van der Waals surface area contributed by atoms with Crippen LogP contribution in [-0.2, 0) is 4.79 Å². The van der Waals surface area contributed by atoms with Gasteiger partial charge in [-0.1, -0.05) is 28.1 Å². The van der Waals surface area contributed by atoms with Gasteiger partial charge in [0.05, 0.1) is 0 Å². The Morgan fingerprint density at radius 2 is 2.00 bits per heavy atom. The Morgan fingerprint density at radius 1 is 1.20 bits per heavy atom. The molecule has 1 aliphatic carbocycles. The highest BCUT2D eigenvalue weighted by Crippen LogP contribution is 2.23. The molecule has 0 unspecified atom stereocenters. The fraction of sp³-hybridized carbons (Fsp3) is 0.308. The molecule has 1 fully saturated rings. The number of hydrogen-bond acceptors (Lipinski definition) is 1. The van der Waals surface area contributed by atoms with Gasteiger partial charge in [-0.15, -0.1) is 0 Å². The molecule has 0 heterocycles. The largest absolute Gasteiger partial charge is 0.295 e. The van der Waals surface area contributed by atoms with E-state index in [1.165, 1.54) is 0 Å². The van der Waals surface area contributed by atoms with E-state index in [1.54, 1.807) is 0 Å². The van der Waals surface area contributed by atoms with Crippen LogP contribution in [0.5, 0.6) is 0 Å². The molecule has 0 spiro atoms. The predicted octanol–water partition coefficient (Wildman–Crippen LogP) is 3.98. The first-order valence-corrected chi connectivity index (χ1v) is 6.04. The molecule has 0 N–H and O–H groups in total. The molecule has 0 saturated heterocycles. The lowest BCUT2D eigenvalue weighted by molar-refractivity contribution is -0.116.